The van der Waals surface area contributed by atoms with Crippen LogP contribution < -0.4 is 11.3 Å². The predicted molar refractivity (Wildman–Crippen MR) is 62.6 cm³/mol. The van der Waals surface area contributed by atoms with E-state index in [2.05, 4.69) is 5.43 Å². The number of nitrogens with one attached hydrogen (secondary N) is 1. The van der Waals surface area contributed by atoms with E-state index in [4.69, 9.17) is 10.6 Å². The smallest absolute Gasteiger partial charge is 0.385 e. The Bertz CT molecular complexity index is 351. The standard InChI is InChI=1S/C12H17F3N2O/c1-18-8-2-3-11(17-16)9-4-6-10(7-5-9)12(13,14)15/h4-7,11,17H,2-3,8,16H2,1H3. The van der Waals surface area contributed by atoms with Crippen molar-refractivity contribution >= 4 is 0 Å². The summed E-state index contributed by atoms with van der Waals surface area (Å²) in [6.45, 7) is 0.596. The Morgan fingerprint density at radius 2 is 1.89 bits per heavy atom. The molecule has 0 aliphatic rings. The SMILES string of the molecule is COCCCC(NN)c1ccc(C(F)(F)F)cc1. The van der Waals surface area contributed by atoms with E-state index in [0.29, 0.717) is 13.0 Å². The zero-order chi connectivity index (χ0) is 13.6. The van der Waals surface area contributed by atoms with Gasteiger partial charge in [0.25, 0.3) is 0 Å². The highest BCUT2D eigenvalue weighted by molar-refractivity contribution is 5.26. The van der Waals surface area contributed by atoms with Gasteiger partial charge in [0.1, 0.15) is 0 Å². The molecular formula is C12H17F3N2O. The summed E-state index contributed by atoms with van der Waals surface area (Å²) in [6, 6.07) is 4.86. The summed E-state index contributed by atoms with van der Waals surface area (Å²) < 4.78 is 42.1. The number of benzene rings is 1. The Hall–Kier alpha value is -1.11. The van der Waals surface area contributed by atoms with Gasteiger partial charge in [-0.1, -0.05) is 12.1 Å². The molecule has 0 amide bonds. The van der Waals surface area contributed by atoms with Gasteiger partial charge in [0, 0.05) is 19.8 Å². The van der Waals surface area contributed by atoms with Crippen molar-refractivity contribution in [3.8, 4) is 0 Å². The van der Waals surface area contributed by atoms with Gasteiger partial charge in [0.05, 0.1) is 5.56 Å². The molecule has 0 spiro atoms. The highest BCUT2D eigenvalue weighted by atomic mass is 19.4. The van der Waals surface area contributed by atoms with Crippen LogP contribution in [-0.2, 0) is 10.9 Å². The van der Waals surface area contributed by atoms with Gasteiger partial charge in [-0.25, -0.2) is 0 Å². The maximum atomic E-state index is 12.4. The van der Waals surface area contributed by atoms with Crippen LogP contribution in [0.3, 0.4) is 0 Å². The van der Waals surface area contributed by atoms with Crippen LogP contribution in [0, 0.1) is 0 Å². The second-order valence-corrected chi connectivity index (χ2v) is 3.97. The molecule has 0 radical (unpaired) electrons. The first-order valence-electron chi connectivity index (χ1n) is 5.61. The van der Waals surface area contributed by atoms with Crippen LogP contribution in [0.4, 0.5) is 13.2 Å². The maximum Gasteiger partial charge on any atom is 0.416 e. The molecule has 0 saturated carbocycles. The zero-order valence-electron chi connectivity index (χ0n) is 10.1. The lowest BCUT2D eigenvalue weighted by Crippen LogP contribution is -2.28. The molecule has 3 nitrogen and oxygen atoms in total. The van der Waals surface area contributed by atoms with Crippen LogP contribution in [0.5, 0.6) is 0 Å². The number of nitrogens with two attached hydrogens (primary N) is 1. The second-order valence-electron chi connectivity index (χ2n) is 3.97. The van der Waals surface area contributed by atoms with Crippen molar-refractivity contribution in [2.24, 2.45) is 5.84 Å². The average molecular weight is 262 g/mol. The quantitative estimate of drug-likeness (QED) is 0.470. The Labute approximate surface area is 104 Å². The fraction of sp³-hybridized carbons (Fsp3) is 0.500. The van der Waals surface area contributed by atoms with E-state index in [1.54, 1.807) is 7.11 Å². The average Bonchev–Trinajstić information content (AvgIpc) is 2.34. The van der Waals surface area contributed by atoms with E-state index in [-0.39, 0.29) is 6.04 Å². The monoisotopic (exact) mass is 262 g/mol. The highest BCUT2D eigenvalue weighted by Crippen LogP contribution is 2.30. The Morgan fingerprint density at radius 1 is 1.28 bits per heavy atom. The van der Waals surface area contributed by atoms with Crippen LogP contribution in [0.25, 0.3) is 0 Å². The molecule has 1 aromatic carbocycles. The third-order valence-electron chi connectivity index (χ3n) is 2.68. The second kappa shape index (κ2) is 6.72. The molecule has 18 heavy (non-hydrogen) atoms. The number of hydrazine groups is 1. The molecule has 0 saturated heterocycles. The van der Waals surface area contributed by atoms with Gasteiger partial charge in [-0.05, 0) is 30.5 Å². The Morgan fingerprint density at radius 3 is 2.33 bits per heavy atom. The molecule has 1 rings (SSSR count). The van der Waals surface area contributed by atoms with Gasteiger partial charge in [0.15, 0.2) is 0 Å². The highest BCUT2D eigenvalue weighted by Gasteiger charge is 2.30. The molecule has 1 atom stereocenters. The van der Waals surface area contributed by atoms with Gasteiger partial charge in [-0.3, -0.25) is 11.3 Å². The molecule has 6 heteroatoms. The van der Waals surface area contributed by atoms with Crippen molar-refractivity contribution in [2.75, 3.05) is 13.7 Å². The van der Waals surface area contributed by atoms with Gasteiger partial charge in [-0.2, -0.15) is 13.2 Å². The summed E-state index contributed by atoms with van der Waals surface area (Å²) in [4.78, 5) is 0. The first-order chi connectivity index (χ1) is 8.49. The lowest BCUT2D eigenvalue weighted by molar-refractivity contribution is -0.137. The van der Waals surface area contributed by atoms with E-state index < -0.39 is 11.7 Å². The van der Waals surface area contributed by atoms with E-state index in [0.717, 1.165) is 24.1 Å². The number of ether oxygens (including phenoxy) is 1. The number of hydrogen-bond acceptors (Lipinski definition) is 3. The molecule has 0 aromatic heterocycles. The molecule has 1 aromatic rings. The third kappa shape index (κ3) is 4.29. The zero-order valence-corrected chi connectivity index (χ0v) is 10.1. The van der Waals surface area contributed by atoms with Crippen molar-refractivity contribution in [3.63, 3.8) is 0 Å². The maximum absolute atomic E-state index is 12.4. The minimum absolute atomic E-state index is 0.164. The molecule has 3 N–H and O–H groups in total. The first kappa shape index (κ1) is 14.9. The summed E-state index contributed by atoms with van der Waals surface area (Å²) in [7, 11) is 1.60. The van der Waals surface area contributed by atoms with Gasteiger partial charge < -0.3 is 4.74 Å². The van der Waals surface area contributed by atoms with Crippen LogP contribution in [0.1, 0.15) is 30.0 Å². The molecule has 0 bridgehead atoms. The van der Waals surface area contributed by atoms with Gasteiger partial charge in [0.2, 0.25) is 0 Å². The summed E-state index contributed by atoms with van der Waals surface area (Å²) in [5, 5.41) is 0. The Kier molecular flexibility index (Phi) is 5.58. The van der Waals surface area contributed by atoms with Crippen molar-refractivity contribution in [1.82, 2.24) is 5.43 Å². The third-order valence-corrected chi connectivity index (χ3v) is 2.68. The van der Waals surface area contributed by atoms with Crippen molar-refractivity contribution < 1.29 is 17.9 Å². The number of halogens is 3. The topological polar surface area (TPSA) is 47.3 Å². The van der Waals surface area contributed by atoms with Gasteiger partial charge in [-0.15, -0.1) is 0 Å². The molecule has 0 heterocycles. The van der Waals surface area contributed by atoms with E-state index in [9.17, 15) is 13.2 Å². The van der Waals surface area contributed by atoms with Crippen molar-refractivity contribution in [2.45, 2.75) is 25.1 Å². The van der Waals surface area contributed by atoms with Crippen molar-refractivity contribution in [1.29, 1.82) is 0 Å². The molecular weight excluding hydrogens is 245 g/mol. The lowest BCUT2D eigenvalue weighted by Gasteiger charge is -2.17. The lowest BCUT2D eigenvalue weighted by atomic mass is 10.0. The summed E-state index contributed by atoms with van der Waals surface area (Å²) in [5.74, 6) is 5.40. The number of hydrogen-bond donors (Lipinski definition) is 2. The predicted octanol–water partition coefficient (Wildman–Crippen LogP) is 2.64. The minimum atomic E-state index is -4.31. The van der Waals surface area contributed by atoms with Crippen LogP contribution in [0.15, 0.2) is 24.3 Å². The summed E-state index contributed by atoms with van der Waals surface area (Å²) >= 11 is 0. The molecule has 0 fully saturated rings. The van der Waals surface area contributed by atoms with E-state index >= 15 is 0 Å². The Balaban J connectivity index is 2.69. The number of alkyl halides is 3. The largest absolute Gasteiger partial charge is 0.416 e. The number of rotatable bonds is 6. The minimum Gasteiger partial charge on any atom is -0.385 e. The summed E-state index contributed by atoms with van der Waals surface area (Å²) in [6.07, 6.45) is -2.82. The van der Waals surface area contributed by atoms with Gasteiger partial charge >= 0.3 is 6.18 Å². The molecule has 0 aliphatic heterocycles. The first-order valence-corrected chi connectivity index (χ1v) is 5.61. The van der Waals surface area contributed by atoms with Crippen molar-refractivity contribution in [3.05, 3.63) is 35.4 Å². The van der Waals surface area contributed by atoms with Crippen LogP contribution in [-0.4, -0.2) is 13.7 Å². The van der Waals surface area contributed by atoms with Crippen LogP contribution in [0.2, 0.25) is 0 Å². The van der Waals surface area contributed by atoms with E-state index in [1.165, 1.54) is 12.1 Å². The molecule has 102 valence electrons. The fourth-order valence-electron chi connectivity index (χ4n) is 1.68. The normalized spacial score (nSPS) is 13.6. The number of methoxy groups -OCH3 is 1. The van der Waals surface area contributed by atoms with E-state index in [1.807, 2.05) is 0 Å². The molecule has 0 aliphatic carbocycles. The van der Waals surface area contributed by atoms with Crippen LogP contribution >= 0.6 is 0 Å². The molecule has 1 unspecified atom stereocenters. The fourth-order valence-corrected chi connectivity index (χ4v) is 1.68. The summed E-state index contributed by atoms with van der Waals surface area (Å²) in [5.41, 5.74) is 2.68.